The molecule has 0 aliphatic heterocycles. The Hall–Kier alpha value is -1.81. The van der Waals surface area contributed by atoms with Gasteiger partial charge in [0.1, 0.15) is 17.5 Å². The molecule has 0 spiro atoms. The fourth-order valence-electron chi connectivity index (χ4n) is 1.80. The Labute approximate surface area is 130 Å². The second-order valence-electron chi connectivity index (χ2n) is 6.25. The molecule has 5 heteroatoms. The molecule has 0 aliphatic carbocycles. The van der Waals surface area contributed by atoms with Gasteiger partial charge in [0.2, 0.25) is 0 Å². The van der Waals surface area contributed by atoms with E-state index in [2.05, 4.69) is 36.1 Å². The zero-order valence-electron chi connectivity index (χ0n) is 13.1. The SMILES string of the molecule is Cc1ccc(Nc2nc(C(C)(C)C)nc(N)c2C)cc1Cl. The third-order valence-electron chi connectivity index (χ3n) is 3.29. The van der Waals surface area contributed by atoms with Crippen molar-refractivity contribution in [2.24, 2.45) is 0 Å². The van der Waals surface area contributed by atoms with Crippen LogP contribution in [-0.2, 0) is 5.41 Å². The van der Waals surface area contributed by atoms with E-state index in [1.54, 1.807) is 0 Å². The monoisotopic (exact) mass is 304 g/mol. The van der Waals surface area contributed by atoms with Crippen LogP contribution in [0, 0.1) is 13.8 Å². The van der Waals surface area contributed by atoms with Gasteiger partial charge in [-0.3, -0.25) is 0 Å². The molecule has 0 radical (unpaired) electrons. The van der Waals surface area contributed by atoms with Gasteiger partial charge in [0.05, 0.1) is 0 Å². The van der Waals surface area contributed by atoms with Crippen molar-refractivity contribution in [3.63, 3.8) is 0 Å². The van der Waals surface area contributed by atoms with Gasteiger partial charge in [-0.2, -0.15) is 0 Å². The molecule has 1 aromatic carbocycles. The first-order chi connectivity index (χ1) is 9.68. The fraction of sp³-hybridized carbons (Fsp3) is 0.375. The number of hydrogen-bond acceptors (Lipinski definition) is 4. The Morgan fingerprint density at radius 3 is 2.38 bits per heavy atom. The summed E-state index contributed by atoms with van der Waals surface area (Å²) in [4.78, 5) is 8.98. The van der Waals surface area contributed by atoms with Gasteiger partial charge in [0.25, 0.3) is 0 Å². The Morgan fingerprint density at radius 2 is 1.81 bits per heavy atom. The van der Waals surface area contributed by atoms with Gasteiger partial charge in [0.15, 0.2) is 0 Å². The third-order valence-corrected chi connectivity index (χ3v) is 3.70. The number of nitrogens with one attached hydrogen (secondary N) is 1. The van der Waals surface area contributed by atoms with Crippen LogP contribution in [0.1, 0.15) is 37.7 Å². The number of aryl methyl sites for hydroxylation is 1. The average Bonchev–Trinajstić information content (AvgIpc) is 2.38. The normalized spacial score (nSPS) is 11.5. The molecule has 112 valence electrons. The summed E-state index contributed by atoms with van der Waals surface area (Å²) in [5.74, 6) is 1.93. The summed E-state index contributed by atoms with van der Waals surface area (Å²) in [6.45, 7) is 10.1. The molecular formula is C16H21ClN4. The van der Waals surface area contributed by atoms with Gasteiger partial charge < -0.3 is 11.1 Å². The van der Waals surface area contributed by atoms with E-state index in [-0.39, 0.29) is 5.41 Å². The van der Waals surface area contributed by atoms with Crippen molar-refractivity contribution in [1.82, 2.24) is 9.97 Å². The molecule has 0 saturated heterocycles. The van der Waals surface area contributed by atoms with Crippen LogP contribution < -0.4 is 11.1 Å². The van der Waals surface area contributed by atoms with Gasteiger partial charge in [0, 0.05) is 21.7 Å². The first kappa shape index (κ1) is 15.6. The molecule has 2 rings (SSSR count). The van der Waals surface area contributed by atoms with Crippen LogP contribution in [0.4, 0.5) is 17.3 Å². The molecule has 0 unspecified atom stereocenters. The first-order valence-corrected chi connectivity index (χ1v) is 7.24. The van der Waals surface area contributed by atoms with Crippen LogP contribution in [0.25, 0.3) is 0 Å². The Bertz CT molecular complexity index is 675. The van der Waals surface area contributed by atoms with Crippen molar-refractivity contribution in [3.8, 4) is 0 Å². The topological polar surface area (TPSA) is 63.8 Å². The van der Waals surface area contributed by atoms with Crippen LogP contribution in [0.5, 0.6) is 0 Å². The number of nitrogens with two attached hydrogens (primary N) is 1. The molecule has 21 heavy (non-hydrogen) atoms. The number of nitrogen functional groups attached to an aromatic ring is 1. The van der Waals surface area contributed by atoms with Crippen LogP contribution in [0.3, 0.4) is 0 Å². The summed E-state index contributed by atoms with van der Waals surface area (Å²) in [6, 6.07) is 5.82. The third kappa shape index (κ3) is 3.45. The van der Waals surface area contributed by atoms with Gasteiger partial charge >= 0.3 is 0 Å². The number of benzene rings is 1. The summed E-state index contributed by atoms with van der Waals surface area (Å²) in [5, 5.41) is 4.00. The lowest BCUT2D eigenvalue weighted by Crippen LogP contribution is -2.18. The molecule has 0 atom stereocenters. The Balaban J connectivity index is 2.43. The van der Waals surface area contributed by atoms with E-state index in [9.17, 15) is 0 Å². The lowest BCUT2D eigenvalue weighted by atomic mass is 9.95. The van der Waals surface area contributed by atoms with Gasteiger partial charge in [-0.15, -0.1) is 0 Å². The highest BCUT2D eigenvalue weighted by Crippen LogP contribution is 2.28. The van der Waals surface area contributed by atoms with Crippen LogP contribution in [0.2, 0.25) is 5.02 Å². The number of halogens is 1. The highest BCUT2D eigenvalue weighted by molar-refractivity contribution is 6.31. The molecule has 2 aromatic rings. The predicted octanol–water partition coefficient (Wildman–Crippen LogP) is 4.37. The van der Waals surface area contributed by atoms with Crippen molar-refractivity contribution < 1.29 is 0 Å². The average molecular weight is 305 g/mol. The molecule has 0 fully saturated rings. The van der Waals surface area contributed by atoms with Crippen molar-refractivity contribution >= 4 is 28.9 Å². The minimum absolute atomic E-state index is 0.164. The maximum Gasteiger partial charge on any atom is 0.139 e. The molecule has 1 aromatic heterocycles. The quantitative estimate of drug-likeness (QED) is 0.864. The summed E-state index contributed by atoms with van der Waals surface area (Å²) < 4.78 is 0. The lowest BCUT2D eigenvalue weighted by molar-refractivity contribution is 0.546. The Kier molecular flexibility index (Phi) is 4.10. The number of hydrogen-bond donors (Lipinski definition) is 2. The zero-order chi connectivity index (χ0) is 15.8. The highest BCUT2D eigenvalue weighted by Gasteiger charge is 2.20. The van der Waals surface area contributed by atoms with Crippen molar-refractivity contribution in [2.75, 3.05) is 11.1 Å². The standard InChI is InChI=1S/C16H21ClN4/c1-9-6-7-11(8-12(9)17)19-14-10(2)13(18)20-15(21-14)16(3,4)5/h6-8H,1-5H3,(H3,18,19,20,21). The van der Waals surface area contributed by atoms with Gasteiger partial charge in [-0.05, 0) is 31.5 Å². The summed E-state index contributed by atoms with van der Waals surface area (Å²) in [6.07, 6.45) is 0. The molecule has 4 nitrogen and oxygen atoms in total. The number of nitrogens with zero attached hydrogens (tertiary/aromatic N) is 2. The van der Waals surface area contributed by atoms with Crippen LogP contribution in [0.15, 0.2) is 18.2 Å². The van der Waals surface area contributed by atoms with Crippen molar-refractivity contribution in [1.29, 1.82) is 0 Å². The number of aromatic nitrogens is 2. The minimum Gasteiger partial charge on any atom is -0.383 e. The maximum atomic E-state index is 6.16. The minimum atomic E-state index is -0.164. The first-order valence-electron chi connectivity index (χ1n) is 6.86. The van der Waals surface area contributed by atoms with E-state index in [1.165, 1.54) is 0 Å². The van der Waals surface area contributed by atoms with E-state index < -0.39 is 0 Å². The summed E-state index contributed by atoms with van der Waals surface area (Å²) in [5.41, 5.74) is 8.60. The molecule has 0 bridgehead atoms. The van der Waals surface area contributed by atoms with E-state index in [0.717, 1.165) is 21.8 Å². The molecule has 3 N–H and O–H groups in total. The van der Waals surface area contributed by atoms with Crippen LogP contribution >= 0.6 is 11.6 Å². The van der Waals surface area contributed by atoms with E-state index in [0.29, 0.717) is 17.5 Å². The Morgan fingerprint density at radius 1 is 1.14 bits per heavy atom. The van der Waals surface area contributed by atoms with Gasteiger partial charge in [-0.25, -0.2) is 9.97 Å². The summed E-state index contributed by atoms with van der Waals surface area (Å²) >= 11 is 6.16. The van der Waals surface area contributed by atoms with Gasteiger partial charge in [-0.1, -0.05) is 38.4 Å². The van der Waals surface area contributed by atoms with E-state index in [1.807, 2.05) is 32.0 Å². The maximum absolute atomic E-state index is 6.16. The number of rotatable bonds is 2. The molecule has 0 aliphatic rings. The summed E-state index contributed by atoms with van der Waals surface area (Å²) in [7, 11) is 0. The van der Waals surface area contributed by atoms with E-state index in [4.69, 9.17) is 17.3 Å². The lowest BCUT2D eigenvalue weighted by Gasteiger charge is -2.20. The molecule has 1 heterocycles. The predicted molar refractivity (Wildman–Crippen MR) is 89.4 cm³/mol. The number of anilines is 3. The largest absolute Gasteiger partial charge is 0.383 e. The van der Waals surface area contributed by atoms with E-state index >= 15 is 0 Å². The fourth-order valence-corrected chi connectivity index (χ4v) is 1.98. The molecule has 0 amide bonds. The second kappa shape index (κ2) is 5.53. The van der Waals surface area contributed by atoms with Crippen molar-refractivity contribution in [3.05, 3.63) is 40.2 Å². The smallest absolute Gasteiger partial charge is 0.139 e. The molecule has 0 saturated carbocycles. The van der Waals surface area contributed by atoms with Crippen LogP contribution in [-0.4, -0.2) is 9.97 Å². The highest BCUT2D eigenvalue weighted by atomic mass is 35.5. The second-order valence-corrected chi connectivity index (χ2v) is 6.65. The molecular weight excluding hydrogens is 284 g/mol. The zero-order valence-corrected chi connectivity index (χ0v) is 13.8. The van der Waals surface area contributed by atoms with Crippen molar-refractivity contribution in [2.45, 2.75) is 40.0 Å².